The Hall–Kier alpha value is -1.94. The van der Waals surface area contributed by atoms with Gasteiger partial charge >= 0.3 is 6.09 Å². The van der Waals surface area contributed by atoms with Crippen LogP contribution in [-0.4, -0.2) is 6.09 Å². The zero-order valence-electron chi connectivity index (χ0n) is 16.0. The van der Waals surface area contributed by atoms with Crippen molar-refractivity contribution in [3.05, 3.63) is 59.2 Å². The highest BCUT2D eigenvalue weighted by Crippen LogP contribution is 2.21. The van der Waals surface area contributed by atoms with E-state index in [1.807, 2.05) is 43.3 Å². The Balaban J connectivity index is 1.74. The highest BCUT2D eigenvalue weighted by Gasteiger charge is 2.07. The Kier molecular flexibility index (Phi) is 8.56. The number of hydrogen-bond acceptors (Lipinski definition) is 3. The number of carbonyl (C=O) groups excluding carboxylic acids is 1. The Morgan fingerprint density at radius 2 is 1.73 bits per heavy atom. The van der Waals surface area contributed by atoms with Crippen molar-refractivity contribution in [3.8, 4) is 5.75 Å². The second kappa shape index (κ2) is 10.9. The number of unbranched alkanes of at least 4 members (excludes halogenated alkanes) is 4. The first-order valence-electron chi connectivity index (χ1n) is 9.39. The summed E-state index contributed by atoms with van der Waals surface area (Å²) in [5.74, 6) is 0.568. The molecule has 1 amide bonds. The molecule has 2 aromatic rings. The minimum absolute atomic E-state index is 0.456. The number of rotatable bonds is 9. The molecule has 140 valence electrons. The molecule has 26 heavy (non-hydrogen) atoms. The minimum Gasteiger partial charge on any atom is -0.410 e. The topological polar surface area (TPSA) is 38.3 Å². The molecular formula is C22H29NO2S. The molecule has 2 aromatic carbocycles. The van der Waals surface area contributed by atoms with Crippen molar-refractivity contribution in [2.45, 2.75) is 64.2 Å². The van der Waals surface area contributed by atoms with Crippen LogP contribution >= 0.6 is 11.9 Å². The molecule has 3 nitrogen and oxygen atoms in total. The lowest BCUT2D eigenvalue weighted by Gasteiger charge is -2.09. The lowest BCUT2D eigenvalue weighted by Crippen LogP contribution is -2.20. The van der Waals surface area contributed by atoms with E-state index in [1.165, 1.54) is 55.2 Å². The predicted molar refractivity (Wildman–Crippen MR) is 110 cm³/mol. The summed E-state index contributed by atoms with van der Waals surface area (Å²) in [6.07, 6.45) is 7.03. The van der Waals surface area contributed by atoms with Crippen LogP contribution < -0.4 is 9.46 Å². The van der Waals surface area contributed by atoms with Gasteiger partial charge < -0.3 is 4.74 Å². The zero-order chi connectivity index (χ0) is 18.8. The normalized spacial score (nSPS) is 10.6. The summed E-state index contributed by atoms with van der Waals surface area (Å²) in [6, 6.07) is 13.9. The Morgan fingerprint density at radius 3 is 2.42 bits per heavy atom. The minimum atomic E-state index is -0.456. The van der Waals surface area contributed by atoms with E-state index in [1.54, 1.807) is 0 Å². The first kappa shape index (κ1) is 20.4. The van der Waals surface area contributed by atoms with Crippen LogP contribution in [0.15, 0.2) is 47.4 Å². The predicted octanol–water partition coefficient (Wildman–Crippen LogP) is 6.61. The van der Waals surface area contributed by atoms with Gasteiger partial charge in [0.05, 0.1) is 0 Å². The molecule has 0 aromatic heterocycles. The first-order chi connectivity index (χ1) is 12.6. The Bertz CT molecular complexity index is 698. The van der Waals surface area contributed by atoms with E-state index in [-0.39, 0.29) is 0 Å². The van der Waals surface area contributed by atoms with Crippen LogP contribution in [0.2, 0.25) is 0 Å². The average Bonchev–Trinajstić information content (AvgIpc) is 2.62. The number of ether oxygens (including phenoxy) is 1. The van der Waals surface area contributed by atoms with E-state index in [4.69, 9.17) is 4.74 Å². The van der Waals surface area contributed by atoms with Crippen LogP contribution in [-0.2, 0) is 6.42 Å². The summed E-state index contributed by atoms with van der Waals surface area (Å²) in [5, 5.41) is 0. The number of carbonyl (C=O) groups is 1. The van der Waals surface area contributed by atoms with Gasteiger partial charge in [-0.15, -0.1) is 0 Å². The second-order valence-electron chi connectivity index (χ2n) is 6.67. The number of aryl methyl sites for hydroxylation is 3. The van der Waals surface area contributed by atoms with Crippen molar-refractivity contribution in [1.82, 2.24) is 4.72 Å². The fraction of sp³-hybridized carbons (Fsp3) is 0.409. The molecule has 0 bridgehead atoms. The standard InChI is InChI=1S/C22H29NO2S/c1-4-5-6-7-8-9-19-11-13-20(14-12-19)25-22(24)23-26-21-15-10-17(2)16-18(21)3/h10-16H,4-9H2,1-3H3,(H,23,24). The second-order valence-corrected chi connectivity index (χ2v) is 7.52. The van der Waals surface area contributed by atoms with E-state index in [0.29, 0.717) is 5.75 Å². The van der Waals surface area contributed by atoms with E-state index < -0.39 is 6.09 Å². The molecule has 2 rings (SSSR count). The summed E-state index contributed by atoms with van der Waals surface area (Å²) in [5.41, 5.74) is 3.64. The summed E-state index contributed by atoms with van der Waals surface area (Å²) < 4.78 is 8.07. The van der Waals surface area contributed by atoms with Crippen LogP contribution in [0.4, 0.5) is 4.79 Å². The summed E-state index contributed by atoms with van der Waals surface area (Å²) in [6.45, 7) is 6.32. The van der Waals surface area contributed by atoms with Gasteiger partial charge in [0.2, 0.25) is 0 Å². The Morgan fingerprint density at radius 1 is 1.00 bits per heavy atom. The van der Waals surface area contributed by atoms with Crippen LogP contribution in [0.3, 0.4) is 0 Å². The summed E-state index contributed by atoms with van der Waals surface area (Å²) in [7, 11) is 0. The third-order valence-corrected chi connectivity index (χ3v) is 5.22. The van der Waals surface area contributed by atoms with Gasteiger partial charge in [0.1, 0.15) is 5.75 Å². The smallest absolute Gasteiger partial charge is 0.410 e. The zero-order valence-corrected chi connectivity index (χ0v) is 16.8. The van der Waals surface area contributed by atoms with Crippen LogP contribution in [0.1, 0.15) is 55.7 Å². The van der Waals surface area contributed by atoms with Crippen LogP contribution in [0, 0.1) is 13.8 Å². The molecule has 4 heteroatoms. The molecule has 0 aliphatic rings. The van der Waals surface area contributed by atoms with Crippen molar-refractivity contribution in [2.24, 2.45) is 0 Å². The Labute approximate surface area is 161 Å². The number of amides is 1. The molecule has 0 aliphatic heterocycles. The molecule has 0 spiro atoms. The molecule has 0 unspecified atom stereocenters. The van der Waals surface area contributed by atoms with Gasteiger partial charge in [0, 0.05) is 4.90 Å². The molecule has 0 heterocycles. The van der Waals surface area contributed by atoms with Crippen LogP contribution in [0.25, 0.3) is 0 Å². The van der Waals surface area contributed by atoms with E-state index in [9.17, 15) is 4.79 Å². The number of nitrogens with one attached hydrogen (secondary N) is 1. The molecule has 0 atom stereocenters. The van der Waals surface area contributed by atoms with Crippen LogP contribution in [0.5, 0.6) is 5.75 Å². The maximum atomic E-state index is 12.0. The van der Waals surface area contributed by atoms with Gasteiger partial charge in [-0.05, 0) is 68.0 Å². The van der Waals surface area contributed by atoms with Gasteiger partial charge in [-0.3, -0.25) is 4.72 Å². The third kappa shape index (κ3) is 7.12. The number of hydrogen-bond donors (Lipinski definition) is 1. The molecule has 0 saturated heterocycles. The highest BCUT2D eigenvalue weighted by molar-refractivity contribution is 7.98. The van der Waals surface area contributed by atoms with Gasteiger partial charge in [-0.25, -0.2) is 4.79 Å². The van der Waals surface area contributed by atoms with Crippen molar-refractivity contribution in [1.29, 1.82) is 0 Å². The molecule has 0 aliphatic carbocycles. The third-order valence-electron chi connectivity index (χ3n) is 4.28. The molecule has 0 saturated carbocycles. The van der Waals surface area contributed by atoms with Crippen molar-refractivity contribution in [3.63, 3.8) is 0 Å². The fourth-order valence-corrected chi connectivity index (χ4v) is 3.39. The molecular weight excluding hydrogens is 342 g/mol. The first-order valence-corrected chi connectivity index (χ1v) is 10.2. The maximum absolute atomic E-state index is 12.0. The van der Waals surface area contributed by atoms with Crippen molar-refractivity contribution in [2.75, 3.05) is 0 Å². The highest BCUT2D eigenvalue weighted by atomic mass is 32.2. The lowest BCUT2D eigenvalue weighted by atomic mass is 10.1. The van der Waals surface area contributed by atoms with Gasteiger partial charge in [-0.2, -0.15) is 0 Å². The fourth-order valence-electron chi connectivity index (χ4n) is 2.80. The maximum Gasteiger partial charge on any atom is 0.422 e. The van der Waals surface area contributed by atoms with Gasteiger partial charge in [0.25, 0.3) is 0 Å². The average molecular weight is 372 g/mol. The SMILES string of the molecule is CCCCCCCc1ccc(OC(=O)NSc2ccc(C)cc2C)cc1. The monoisotopic (exact) mass is 371 g/mol. The number of benzene rings is 2. The summed E-state index contributed by atoms with van der Waals surface area (Å²) in [4.78, 5) is 13.0. The quantitative estimate of drug-likeness (QED) is 0.398. The van der Waals surface area contributed by atoms with E-state index in [2.05, 4.69) is 24.6 Å². The van der Waals surface area contributed by atoms with Gasteiger partial charge in [0.15, 0.2) is 0 Å². The lowest BCUT2D eigenvalue weighted by molar-refractivity contribution is 0.207. The molecule has 1 N–H and O–H groups in total. The van der Waals surface area contributed by atoms with E-state index in [0.717, 1.165) is 16.9 Å². The van der Waals surface area contributed by atoms with Crippen molar-refractivity contribution < 1.29 is 9.53 Å². The summed E-state index contributed by atoms with van der Waals surface area (Å²) >= 11 is 1.28. The molecule has 0 radical (unpaired) electrons. The molecule has 0 fully saturated rings. The van der Waals surface area contributed by atoms with E-state index >= 15 is 0 Å². The largest absolute Gasteiger partial charge is 0.422 e. The van der Waals surface area contributed by atoms with Gasteiger partial charge in [-0.1, -0.05) is 62.4 Å². The van der Waals surface area contributed by atoms with Crippen molar-refractivity contribution >= 4 is 18.0 Å².